The molecule has 1 aliphatic rings. The molecule has 106 valence electrons. The largest absolute Gasteiger partial charge is 0.461 e. The lowest BCUT2D eigenvalue weighted by Gasteiger charge is -2.18. The van der Waals surface area contributed by atoms with Crippen molar-refractivity contribution < 1.29 is 14.3 Å². The van der Waals surface area contributed by atoms with E-state index in [1.807, 2.05) is 11.6 Å². The summed E-state index contributed by atoms with van der Waals surface area (Å²) in [6.45, 7) is 6.34. The van der Waals surface area contributed by atoms with Crippen molar-refractivity contribution in [3.8, 4) is 0 Å². The lowest BCUT2D eigenvalue weighted by atomic mass is 10.1. The second-order valence-corrected chi connectivity index (χ2v) is 4.67. The van der Waals surface area contributed by atoms with Gasteiger partial charge in [-0.25, -0.2) is 4.79 Å². The first kappa shape index (κ1) is 14.0. The van der Waals surface area contributed by atoms with Crippen LogP contribution < -0.4 is 5.32 Å². The number of aromatic nitrogens is 2. The monoisotopic (exact) mass is 267 g/mol. The van der Waals surface area contributed by atoms with Gasteiger partial charge >= 0.3 is 5.97 Å². The molecule has 0 bridgehead atoms. The highest BCUT2D eigenvalue weighted by atomic mass is 16.5. The molecule has 19 heavy (non-hydrogen) atoms. The summed E-state index contributed by atoms with van der Waals surface area (Å²) in [5.41, 5.74) is 2.52. The van der Waals surface area contributed by atoms with Crippen LogP contribution in [0.4, 0.5) is 0 Å². The first-order chi connectivity index (χ1) is 9.19. The molecule has 1 N–H and O–H groups in total. The van der Waals surface area contributed by atoms with Gasteiger partial charge in [0.1, 0.15) is 0 Å². The Morgan fingerprint density at radius 1 is 1.58 bits per heavy atom. The topological polar surface area (TPSA) is 65.4 Å². The van der Waals surface area contributed by atoms with Crippen molar-refractivity contribution in [3.05, 3.63) is 17.0 Å². The van der Waals surface area contributed by atoms with Crippen molar-refractivity contribution in [2.24, 2.45) is 0 Å². The molecule has 0 aliphatic carbocycles. The van der Waals surface area contributed by atoms with Crippen LogP contribution in [0.2, 0.25) is 0 Å². The number of carbonyl (C=O) groups excluding carboxylic acids is 1. The van der Waals surface area contributed by atoms with Gasteiger partial charge in [0, 0.05) is 37.9 Å². The van der Waals surface area contributed by atoms with Gasteiger partial charge in [0.25, 0.3) is 0 Å². The third-order valence-corrected chi connectivity index (χ3v) is 3.25. The molecule has 0 aromatic carbocycles. The minimum Gasteiger partial charge on any atom is -0.461 e. The van der Waals surface area contributed by atoms with Gasteiger partial charge in [0.2, 0.25) is 0 Å². The van der Waals surface area contributed by atoms with Crippen molar-refractivity contribution in [3.63, 3.8) is 0 Å². The van der Waals surface area contributed by atoms with Gasteiger partial charge in [0.15, 0.2) is 5.69 Å². The zero-order valence-electron chi connectivity index (χ0n) is 11.7. The molecule has 1 aromatic heterocycles. The highest BCUT2D eigenvalue weighted by Gasteiger charge is 2.27. The number of rotatable bonds is 5. The van der Waals surface area contributed by atoms with E-state index in [0.29, 0.717) is 25.5 Å². The fourth-order valence-corrected chi connectivity index (χ4v) is 2.41. The molecule has 0 unspecified atom stereocenters. The molecule has 0 saturated heterocycles. The van der Waals surface area contributed by atoms with Gasteiger partial charge in [-0.15, -0.1) is 0 Å². The molecule has 1 aromatic rings. The number of methoxy groups -OCH3 is 1. The Bertz CT molecular complexity index is 456. The van der Waals surface area contributed by atoms with Crippen LogP contribution in [0.25, 0.3) is 0 Å². The van der Waals surface area contributed by atoms with Crippen LogP contribution in [0.15, 0.2) is 0 Å². The zero-order valence-corrected chi connectivity index (χ0v) is 11.7. The van der Waals surface area contributed by atoms with E-state index in [2.05, 4.69) is 10.4 Å². The second kappa shape index (κ2) is 6.16. The van der Waals surface area contributed by atoms with Gasteiger partial charge in [-0.05, 0) is 13.8 Å². The minimum absolute atomic E-state index is 0.111. The summed E-state index contributed by atoms with van der Waals surface area (Å²) in [6, 6.07) is 0.111. The van der Waals surface area contributed by atoms with Gasteiger partial charge in [0.05, 0.1) is 19.3 Å². The highest BCUT2D eigenvalue weighted by molar-refractivity contribution is 5.89. The van der Waals surface area contributed by atoms with Gasteiger partial charge in [-0.1, -0.05) is 0 Å². The Balaban J connectivity index is 2.36. The molecular formula is C13H21N3O3. The molecular weight excluding hydrogens is 246 g/mol. The summed E-state index contributed by atoms with van der Waals surface area (Å²) in [6.07, 6.45) is 0.871. The van der Waals surface area contributed by atoms with Gasteiger partial charge < -0.3 is 14.8 Å². The van der Waals surface area contributed by atoms with Crippen LogP contribution in [0.3, 0.4) is 0 Å². The summed E-state index contributed by atoms with van der Waals surface area (Å²) in [4.78, 5) is 12.0. The summed E-state index contributed by atoms with van der Waals surface area (Å²) < 4.78 is 12.2. The second-order valence-electron chi connectivity index (χ2n) is 4.67. The fourth-order valence-electron chi connectivity index (χ4n) is 2.41. The SMILES string of the molecule is CCOC(=O)c1nn([C@H](C)COC)c2c1CNCC2. The molecule has 0 radical (unpaired) electrons. The van der Waals surface area contributed by atoms with E-state index in [4.69, 9.17) is 9.47 Å². The third kappa shape index (κ3) is 2.79. The van der Waals surface area contributed by atoms with E-state index in [-0.39, 0.29) is 12.0 Å². The molecule has 1 aliphatic heterocycles. The first-order valence-corrected chi connectivity index (χ1v) is 6.66. The highest BCUT2D eigenvalue weighted by Crippen LogP contribution is 2.22. The van der Waals surface area contributed by atoms with Crippen LogP contribution in [0, 0.1) is 0 Å². The summed E-state index contributed by atoms with van der Waals surface area (Å²) in [5, 5.41) is 7.72. The Morgan fingerprint density at radius 3 is 3.05 bits per heavy atom. The van der Waals surface area contributed by atoms with E-state index in [0.717, 1.165) is 24.2 Å². The van der Waals surface area contributed by atoms with Crippen molar-refractivity contribution in [1.82, 2.24) is 15.1 Å². The average molecular weight is 267 g/mol. The summed E-state index contributed by atoms with van der Waals surface area (Å²) in [7, 11) is 1.67. The summed E-state index contributed by atoms with van der Waals surface area (Å²) in [5.74, 6) is -0.342. The van der Waals surface area contributed by atoms with Crippen molar-refractivity contribution in [2.45, 2.75) is 32.9 Å². The third-order valence-electron chi connectivity index (χ3n) is 3.25. The quantitative estimate of drug-likeness (QED) is 0.803. The Hall–Kier alpha value is -1.40. The number of nitrogens with zero attached hydrogens (tertiary/aromatic N) is 2. The molecule has 2 rings (SSSR count). The van der Waals surface area contributed by atoms with E-state index in [1.54, 1.807) is 14.0 Å². The number of hydrogen-bond donors (Lipinski definition) is 1. The predicted molar refractivity (Wildman–Crippen MR) is 70.2 cm³/mol. The molecule has 1 atom stereocenters. The Labute approximate surface area is 113 Å². The van der Waals surface area contributed by atoms with Crippen molar-refractivity contribution in [1.29, 1.82) is 0 Å². The number of hydrogen-bond acceptors (Lipinski definition) is 5. The normalized spacial score (nSPS) is 15.9. The van der Waals surface area contributed by atoms with Crippen molar-refractivity contribution >= 4 is 5.97 Å². The van der Waals surface area contributed by atoms with E-state index < -0.39 is 0 Å². The number of fused-ring (bicyclic) bond motifs is 1. The van der Waals surface area contributed by atoms with Crippen LogP contribution in [0.5, 0.6) is 0 Å². The van der Waals surface area contributed by atoms with Crippen LogP contribution in [-0.2, 0) is 22.4 Å². The number of esters is 1. The fraction of sp³-hybridized carbons (Fsp3) is 0.692. The number of nitrogens with one attached hydrogen (secondary N) is 1. The molecule has 0 amide bonds. The first-order valence-electron chi connectivity index (χ1n) is 6.66. The Kier molecular flexibility index (Phi) is 4.55. The molecule has 0 fully saturated rings. The smallest absolute Gasteiger partial charge is 0.359 e. The maximum atomic E-state index is 12.0. The number of ether oxygens (including phenoxy) is 2. The van der Waals surface area contributed by atoms with Crippen LogP contribution >= 0.6 is 0 Å². The molecule has 6 nitrogen and oxygen atoms in total. The predicted octanol–water partition coefficient (Wildman–Crippen LogP) is 0.913. The maximum Gasteiger partial charge on any atom is 0.359 e. The molecule has 6 heteroatoms. The lowest BCUT2D eigenvalue weighted by Crippen LogP contribution is -2.26. The molecule has 2 heterocycles. The summed E-state index contributed by atoms with van der Waals surface area (Å²) >= 11 is 0. The van der Waals surface area contributed by atoms with Gasteiger partial charge in [-0.3, -0.25) is 4.68 Å². The standard InChI is InChI=1S/C13H21N3O3/c1-4-19-13(17)12-10-7-14-6-5-11(10)16(15-12)9(2)8-18-3/h9,14H,4-8H2,1-3H3/t9-/m1/s1. The van der Waals surface area contributed by atoms with Crippen molar-refractivity contribution in [2.75, 3.05) is 26.9 Å². The maximum absolute atomic E-state index is 12.0. The van der Waals surface area contributed by atoms with Crippen LogP contribution in [-0.4, -0.2) is 42.6 Å². The van der Waals surface area contributed by atoms with Crippen LogP contribution in [0.1, 0.15) is 41.6 Å². The average Bonchev–Trinajstić information content (AvgIpc) is 2.79. The molecule has 0 saturated carbocycles. The van der Waals surface area contributed by atoms with E-state index >= 15 is 0 Å². The Morgan fingerprint density at radius 2 is 2.37 bits per heavy atom. The van der Waals surface area contributed by atoms with E-state index in [9.17, 15) is 4.79 Å². The molecule has 0 spiro atoms. The number of carbonyl (C=O) groups is 1. The lowest BCUT2D eigenvalue weighted by molar-refractivity contribution is 0.0516. The van der Waals surface area contributed by atoms with E-state index in [1.165, 1.54) is 0 Å². The van der Waals surface area contributed by atoms with Gasteiger partial charge in [-0.2, -0.15) is 5.10 Å². The minimum atomic E-state index is -0.342. The zero-order chi connectivity index (χ0) is 13.8.